The number of aromatic nitrogens is 2. The SMILES string of the molecule is COCCOCC(O)CN1CCC(c2nccc(N3CCOCC3)n2)CC1. The number of hydrogen-bond acceptors (Lipinski definition) is 8. The second kappa shape index (κ2) is 10.9. The summed E-state index contributed by atoms with van der Waals surface area (Å²) in [5, 5.41) is 10.1. The van der Waals surface area contributed by atoms with Crippen molar-refractivity contribution in [1.29, 1.82) is 0 Å². The third-order valence-corrected chi connectivity index (χ3v) is 5.16. The molecule has 2 aliphatic rings. The molecule has 2 saturated heterocycles. The Balaban J connectivity index is 1.43. The lowest BCUT2D eigenvalue weighted by atomic mass is 9.95. The second-order valence-electron chi connectivity index (χ2n) is 7.17. The molecule has 2 fully saturated rings. The molecule has 0 aromatic carbocycles. The van der Waals surface area contributed by atoms with Crippen LogP contribution in [0.3, 0.4) is 0 Å². The highest BCUT2D eigenvalue weighted by molar-refractivity contribution is 5.38. The summed E-state index contributed by atoms with van der Waals surface area (Å²) in [4.78, 5) is 13.9. The molecule has 0 aliphatic carbocycles. The van der Waals surface area contributed by atoms with Gasteiger partial charge in [0.2, 0.25) is 0 Å². The fourth-order valence-electron chi connectivity index (χ4n) is 3.62. The molecule has 0 radical (unpaired) electrons. The van der Waals surface area contributed by atoms with Crippen molar-refractivity contribution in [1.82, 2.24) is 14.9 Å². The number of aliphatic hydroxyl groups is 1. The van der Waals surface area contributed by atoms with Crippen molar-refractivity contribution in [2.45, 2.75) is 24.9 Å². The summed E-state index contributed by atoms with van der Waals surface area (Å²) in [6.45, 7) is 7.27. The van der Waals surface area contributed by atoms with Crippen molar-refractivity contribution in [3.05, 3.63) is 18.1 Å². The highest BCUT2D eigenvalue weighted by Crippen LogP contribution is 2.26. The first-order valence-electron chi connectivity index (χ1n) is 9.89. The van der Waals surface area contributed by atoms with Crippen LogP contribution in [0.15, 0.2) is 12.3 Å². The molecule has 0 saturated carbocycles. The normalized spacial score (nSPS) is 20.7. The molecule has 1 atom stereocenters. The molecule has 3 heterocycles. The number of piperidine rings is 1. The van der Waals surface area contributed by atoms with Crippen molar-refractivity contribution < 1.29 is 19.3 Å². The van der Waals surface area contributed by atoms with E-state index in [0.717, 1.165) is 63.9 Å². The van der Waals surface area contributed by atoms with Gasteiger partial charge in [-0.05, 0) is 32.0 Å². The predicted molar refractivity (Wildman–Crippen MR) is 102 cm³/mol. The van der Waals surface area contributed by atoms with Crippen molar-refractivity contribution in [3.63, 3.8) is 0 Å². The van der Waals surface area contributed by atoms with Crippen molar-refractivity contribution in [3.8, 4) is 0 Å². The molecule has 27 heavy (non-hydrogen) atoms. The minimum Gasteiger partial charge on any atom is -0.389 e. The van der Waals surface area contributed by atoms with Gasteiger partial charge in [-0.15, -0.1) is 0 Å². The molecule has 3 rings (SSSR count). The lowest BCUT2D eigenvalue weighted by Gasteiger charge is -2.33. The zero-order valence-corrected chi connectivity index (χ0v) is 16.3. The van der Waals surface area contributed by atoms with E-state index in [9.17, 15) is 5.11 Å². The van der Waals surface area contributed by atoms with E-state index in [2.05, 4.69) is 14.8 Å². The minimum absolute atomic E-state index is 0.355. The first-order valence-corrected chi connectivity index (χ1v) is 9.89. The lowest BCUT2D eigenvalue weighted by molar-refractivity contribution is -0.00340. The third kappa shape index (κ3) is 6.36. The fraction of sp³-hybridized carbons (Fsp3) is 0.789. The Hall–Kier alpha value is -1.32. The highest BCUT2D eigenvalue weighted by Gasteiger charge is 2.25. The van der Waals surface area contributed by atoms with E-state index >= 15 is 0 Å². The molecule has 1 N–H and O–H groups in total. The van der Waals surface area contributed by atoms with Crippen LogP contribution in [-0.4, -0.2) is 98.9 Å². The summed E-state index contributed by atoms with van der Waals surface area (Å²) < 4.78 is 15.8. The van der Waals surface area contributed by atoms with Crippen LogP contribution in [0.4, 0.5) is 5.82 Å². The van der Waals surface area contributed by atoms with Crippen molar-refractivity contribution >= 4 is 5.82 Å². The van der Waals surface area contributed by atoms with Crippen LogP contribution >= 0.6 is 0 Å². The van der Waals surface area contributed by atoms with Gasteiger partial charge in [0.25, 0.3) is 0 Å². The Bertz CT molecular complexity index is 548. The zero-order valence-electron chi connectivity index (χ0n) is 16.3. The Labute approximate surface area is 161 Å². The molecule has 1 aromatic heterocycles. The Morgan fingerprint density at radius 3 is 2.74 bits per heavy atom. The number of ether oxygens (including phenoxy) is 3. The van der Waals surface area contributed by atoms with Crippen molar-refractivity contribution in [2.75, 3.05) is 77.8 Å². The number of anilines is 1. The highest BCUT2D eigenvalue weighted by atomic mass is 16.5. The van der Waals surface area contributed by atoms with Gasteiger partial charge in [0.05, 0.1) is 39.1 Å². The van der Waals surface area contributed by atoms with E-state index in [1.807, 2.05) is 12.3 Å². The summed E-state index contributed by atoms with van der Waals surface area (Å²) in [5.41, 5.74) is 0. The van der Waals surface area contributed by atoms with Crippen LogP contribution < -0.4 is 4.90 Å². The van der Waals surface area contributed by atoms with Gasteiger partial charge in [0.15, 0.2) is 0 Å². The Morgan fingerprint density at radius 1 is 1.22 bits per heavy atom. The molecular weight excluding hydrogens is 348 g/mol. The summed E-state index contributed by atoms with van der Waals surface area (Å²) in [6, 6.07) is 1.99. The minimum atomic E-state index is -0.459. The maximum absolute atomic E-state index is 10.1. The maximum atomic E-state index is 10.1. The maximum Gasteiger partial charge on any atom is 0.133 e. The van der Waals surface area contributed by atoms with Gasteiger partial charge in [0.1, 0.15) is 11.6 Å². The molecule has 0 bridgehead atoms. The van der Waals surface area contributed by atoms with Gasteiger partial charge < -0.3 is 29.1 Å². The molecule has 8 nitrogen and oxygen atoms in total. The van der Waals surface area contributed by atoms with Crippen LogP contribution in [0.25, 0.3) is 0 Å². The standard InChI is InChI=1S/C19H32N4O4/c1-25-12-13-27-15-17(24)14-22-6-3-16(4-7-22)19-20-5-2-18(21-19)23-8-10-26-11-9-23/h2,5,16-17,24H,3-4,6-15H2,1H3. The Morgan fingerprint density at radius 2 is 2.00 bits per heavy atom. The number of β-amino-alcohol motifs (C(OH)–C–C–N with tert-alkyl or cyclic N) is 1. The third-order valence-electron chi connectivity index (χ3n) is 5.16. The number of likely N-dealkylation sites (tertiary alicyclic amines) is 1. The number of aliphatic hydroxyl groups excluding tert-OH is 1. The average molecular weight is 380 g/mol. The zero-order chi connectivity index (χ0) is 18.9. The Kier molecular flexibility index (Phi) is 8.22. The topological polar surface area (TPSA) is 80.2 Å². The van der Waals surface area contributed by atoms with E-state index in [1.54, 1.807) is 7.11 Å². The van der Waals surface area contributed by atoms with Gasteiger partial charge in [-0.3, -0.25) is 0 Å². The number of hydrogen-bond donors (Lipinski definition) is 1. The van der Waals surface area contributed by atoms with E-state index < -0.39 is 6.10 Å². The first-order chi connectivity index (χ1) is 13.3. The summed E-state index contributed by atoms with van der Waals surface area (Å²) >= 11 is 0. The van der Waals surface area contributed by atoms with Gasteiger partial charge in [-0.25, -0.2) is 9.97 Å². The largest absolute Gasteiger partial charge is 0.389 e. The second-order valence-corrected chi connectivity index (χ2v) is 7.17. The van der Waals surface area contributed by atoms with E-state index in [4.69, 9.17) is 19.2 Å². The van der Waals surface area contributed by atoms with Crippen LogP contribution in [0, 0.1) is 0 Å². The van der Waals surface area contributed by atoms with Crippen molar-refractivity contribution in [2.24, 2.45) is 0 Å². The first kappa shape index (κ1) is 20.4. The molecule has 0 amide bonds. The quantitative estimate of drug-likeness (QED) is 0.621. The van der Waals surface area contributed by atoms with E-state index in [1.165, 1.54) is 0 Å². The van der Waals surface area contributed by atoms with Gasteiger partial charge >= 0.3 is 0 Å². The van der Waals surface area contributed by atoms with Crippen LogP contribution in [0.2, 0.25) is 0 Å². The molecule has 0 spiro atoms. The number of nitrogens with zero attached hydrogens (tertiary/aromatic N) is 4. The lowest BCUT2D eigenvalue weighted by Crippen LogP contribution is -2.40. The smallest absolute Gasteiger partial charge is 0.133 e. The molecular formula is C19H32N4O4. The van der Waals surface area contributed by atoms with E-state index in [0.29, 0.717) is 32.3 Å². The van der Waals surface area contributed by atoms with Gasteiger partial charge in [0, 0.05) is 38.9 Å². The van der Waals surface area contributed by atoms with Gasteiger partial charge in [-0.2, -0.15) is 0 Å². The molecule has 1 aromatic rings. The van der Waals surface area contributed by atoms with Crippen LogP contribution in [0.1, 0.15) is 24.6 Å². The average Bonchev–Trinajstić information content (AvgIpc) is 2.72. The molecule has 2 aliphatic heterocycles. The van der Waals surface area contributed by atoms with Crippen LogP contribution in [-0.2, 0) is 14.2 Å². The summed E-state index contributed by atoms with van der Waals surface area (Å²) in [6.07, 6.45) is 3.45. The molecule has 8 heteroatoms. The summed E-state index contributed by atoms with van der Waals surface area (Å²) in [7, 11) is 1.64. The fourth-order valence-corrected chi connectivity index (χ4v) is 3.62. The number of morpholine rings is 1. The van der Waals surface area contributed by atoms with E-state index in [-0.39, 0.29) is 0 Å². The monoisotopic (exact) mass is 380 g/mol. The molecule has 1 unspecified atom stereocenters. The summed E-state index contributed by atoms with van der Waals surface area (Å²) in [5.74, 6) is 2.34. The number of methoxy groups -OCH3 is 1. The van der Waals surface area contributed by atoms with Gasteiger partial charge in [-0.1, -0.05) is 0 Å². The molecule has 152 valence electrons. The predicted octanol–water partition coefficient (Wildman–Crippen LogP) is 0.517. The number of rotatable bonds is 9. The van der Waals surface area contributed by atoms with Crippen LogP contribution in [0.5, 0.6) is 0 Å².